The first-order valence-corrected chi connectivity index (χ1v) is 7.16. The number of hydrogen-bond donors (Lipinski definition) is 2. The predicted octanol–water partition coefficient (Wildman–Crippen LogP) is 4.77. The largest absolute Gasteiger partial charge is 0.508 e. The van der Waals surface area contributed by atoms with Crippen molar-refractivity contribution < 1.29 is 5.11 Å². The van der Waals surface area contributed by atoms with Crippen LogP contribution in [0.2, 0.25) is 0 Å². The van der Waals surface area contributed by atoms with Crippen molar-refractivity contribution in [1.29, 1.82) is 0 Å². The zero-order chi connectivity index (χ0) is 14.8. The molecule has 0 fully saturated rings. The van der Waals surface area contributed by atoms with E-state index in [1.165, 1.54) is 11.1 Å². The molecule has 2 nitrogen and oxygen atoms in total. The van der Waals surface area contributed by atoms with Gasteiger partial charge in [-0.2, -0.15) is 0 Å². The number of anilines is 1. The molecule has 0 bridgehead atoms. The fraction of sp³-hybridized carbons (Fsp3) is 0.158. The van der Waals surface area contributed by atoms with Crippen LogP contribution in [0.5, 0.6) is 5.75 Å². The molecule has 2 N–H and O–H groups in total. The van der Waals surface area contributed by atoms with E-state index in [-0.39, 0.29) is 0 Å². The number of hydrogen-bond acceptors (Lipinski definition) is 2. The zero-order valence-corrected chi connectivity index (χ0v) is 12.4. The Hall–Kier alpha value is -2.48. The van der Waals surface area contributed by atoms with Crippen LogP contribution < -0.4 is 5.32 Å². The van der Waals surface area contributed by atoms with Crippen molar-refractivity contribution in [3.8, 4) is 5.75 Å². The number of phenols is 1. The summed E-state index contributed by atoms with van der Waals surface area (Å²) in [6.45, 7) is 4.80. The number of fused-ring (bicyclic) bond motifs is 1. The smallest absolute Gasteiger partial charge is 0.121 e. The van der Waals surface area contributed by atoms with Crippen molar-refractivity contribution in [2.75, 3.05) is 5.32 Å². The van der Waals surface area contributed by atoms with Crippen LogP contribution in [-0.4, -0.2) is 5.11 Å². The summed E-state index contributed by atoms with van der Waals surface area (Å²) in [6.07, 6.45) is 0. The van der Waals surface area contributed by atoms with Crippen molar-refractivity contribution in [2.24, 2.45) is 0 Å². The van der Waals surface area contributed by atoms with E-state index in [0.717, 1.165) is 22.0 Å². The molecule has 0 saturated heterocycles. The van der Waals surface area contributed by atoms with Gasteiger partial charge >= 0.3 is 0 Å². The van der Waals surface area contributed by atoms with E-state index < -0.39 is 0 Å². The number of aryl methyl sites for hydroxylation is 2. The lowest BCUT2D eigenvalue weighted by molar-refractivity contribution is 0.470. The lowest BCUT2D eigenvalue weighted by Gasteiger charge is -2.15. The maximum Gasteiger partial charge on any atom is 0.121 e. The van der Waals surface area contributed by atoms with E-state index in [9.17, 15) is 5.11 Å². The van der Waals surface area contributed by atoms with Crippen molar-refractivity contribution in [3.63, 3.8) is 0 Å². The highest BCUT2D eigenvalue weighted by molar-refractivity contribution is 5.87. The molecule has 3 rings (SSSR count). The molecule has 0 heterocycles. The number of para-hydroxylation sites is 1. The van der Waals surface area contributed by atoms with Gasteiger partial charge in [0.25, 0.3) is 0 Å². The maximum absolute atomic E-state index is 10.2. The third-order valence-electron chi connectivity index (χ3n) is 3.94. The first-order chi connectivity index (χ1) is 10.2. The summed E-state index contributed by atoms with van der Waals surface area (Å²) in [6, 6.07) is 18.1. The highest BCUT2D eigenvalue weighted by atomic mass is 16.3. The number of benzene rings is 3. The Kier molecular flexibility index (Phi) is 3.53. The van der Waals surface area contributed by atoms with Gasteiger partial charge in [0.05, 0.1) is 0 Å². The standard InChI is InChI=1S/C19H19NO/c1-13-6-5-7-14(2)19(13)20-12-17-16-9-4-3-8-15(16)10-11-18(17)21/h3-11,20-21H,12H2,1-2H3. The van der Waals surface area contributed by atoms with Gasteiger partial charge in [-0.05, 0) is 41.8 Å². The molecule has 0 atom stereocenters. The monoisotopic (exact) mass is 277 g/mol. The van der Waals surface area contributed by atoms with Gasteiger partial charge in [-0.3, -0.25) is 0 Å². The molecule has 0 aliphatic carbocycles. The first-order valence-electron chi connectivity index (χ1n) is 7.16. The highest BCUT2D eigenvalue weighted by Crippen LogP contribution is 2.29. The topological polar surface area (TPSA) is 32.3 Å². The predicted molar refractivity (Wildman–Crippen MR) is 88.9 cm³/mol. The van der Waals surface area contributed by atoms with Gasteiger partial charge in [0.1, 0.15) is 5.75 Å². The van der Waals surface area contributed by atoms with Gasteiger partial charge in [0.15, 0.2) is 0 Å². The Balaban J connectivity index is 1.97. The average molecular weight is 277 g/mol. The number of phenolic OH excluding ortho intramolecular Hbond substituents is 1. The van der Waals surface area contributed by atoms with Crippen molar-refractivity contribution in [2.45, 2.75) is 20.4 Å². The third kappa shape index (κ3) is 2.57. The molecular formula is C19H19NO. The minimum atomic E-state index is 0.340. The second-order valence-corrected chi connectivity index (χ2v) is 5.40. The molecule has 3 aromatic carbocycles. The molecule has 0 aromatic heterocycles. The molecule has 0 aliphatic heterocycles. The average Bonchev–Trinajstić information content (AvgIpc) is 2.48. The summed E-state index contributed by atoms with van der Waals surface area (Å²) in [5.74, 6) is 0.340. The molecule has 3 aromatic rings. The molecule has 0 radical (unpaired) electrons. The SMILES string of the molecule is Cc1cccc(C)c1NCc1c(O)ccc2ccccc12. The summed E-state index contributed by atoms with van der Waals surface area (Å²) in [5, 5.41) is 15.9. The van der Waals surface area contributed by atoms with Crippen molar-refractivity contribution in [1.82, 2.24) is 0 Å². The van der Waals surface area contributed by atoms with Crippen LogP contribution in [0, 0.1) is 13.8 Å². The van der Waals surface area contributed by atoms with Gasteiger partial charge in [-0.25, -0.2) is 0 Å². The second-order valence-electron chi connectivity index (χ2n) is 5.40. The van der Waals surface area contributed by atoms with Crippen LogP contribution in [0.4, 0.5) is 5.69 Å². The number of rotatable bonds is 3. The van der Waals surface area contributed by atoms with Crippen LogP contribution in [0.1, 0.15) is 16.7 Å². The Morgan fingerprint density at radius 3 is 2.33 bits per heavy atom. The molecule has 0 spiro atoms. The van der Waals surface area contributed by atoms with Crippen LogP contribution >= 0.6 is 0 Å². The molecule has 106 valence electrons. The fourth-order valence-corrected chi connectivity index (χ4v) is 2.78. The summed E-state index contributed by atoms with van der Waals surface area (Å²) in [4.78, 5) is 0. The molecule has 0 amide bonds. The Labute approximate surface area is 125 Å². The van der Waals surface area contributed by atoms with Gasteiger partial charge < -0.3 is 10.4 Å². The van der Waals surface area contributed by atoms with E-state index in [4.69, 9.17) is 0 Å². The van der Waals surface area contributed by atoms with Crippen molar-refractivity contribution in [3.05, 3.63) is 71.3 Å². The van der Waals surface area contributed by atoms with E-state index in [1.807, 2.05) is 18.2 Å². The second kappa shape index (κ2) is 5.49. The fourth-order valence-electron chi connectivity index (χ4n) is 2.78. The quantitative estimate of drug-likeness (QED) is 0.722. The normalized spacial score (nSPS) is 10.8. The molecule has 0 saturated carbocycles. The van der Waals surface area contributed by atoms with Crippen LogP contribution in [0.25, 0.3) is 10.8 Å². The maximum atomic E-state index is 10.2. The molecule has 21 heavy (non-hydrogen) atoms. The van der Waals surface area contributed by atoms with Gasteiger partial charge in [-0.15, -0.1) is 0 Å². The highest BCUT2D eigenvalue weighted by Gasteiger charge is 2.08. The minimum Gasteiger partial charge on any atom is -0.508 e. The number of nitrogens with one attached hydrogen (secondary N) is 1. The lowest BCUT2D eigenvalue weighted by atomic mass is 10.0. The Bertz CT molecular complexity index is 772. The molecule has 2 heteroatoms. The number of aromatic hydroxyl groups is 1. The third-order valence-corrected chi connectivity index (χ3v) is 3.94. The van der Waals surface area contributed by atoms with E-state index in [0.29, 0.717) is 12.3 Å². The molecule has 0 unspecified atom stereocenters. The Morgan fingerprint density at radius 2 is 1.57 bits per heavy atom. The lowest BCUT2D eigenvalue weighted by Crippen LogP contribution is -2.03. The van der Waals surface area contributed by atoms with Crippen LogP contribution in [-0.2, 0) is 6.54 Å². The molecule has 0 aliphatic rings. The van der Waals surface area contributed by atoms with Gasteiger partial charge in [-0.1, -0.05) is 48.5 Å². The van der Waals surface area contributed by atoms with E-state index in [2.05, 4.69) is 49.5 Å². The van der Waals surface area contributed by atoms with Crippen LogP contribution in [0.15, 0.2) is 54.6 Å². The summed E-state index contributed by atoms with van der Waals surface area (Å²) in [7, 11) is 0. The first kappa shape index (κ1) is 13.5. The minimum absolute atomic E-state index is 0.340. The van der Waals surface area contributed by atoms with E-state index >= 15 is 0 Å². The van der Waals surface area contributed by atoms with Crippen molar-refractivity contribution >= 4 is 16.5 Å². The Morgan fingerprint density at radius 1 is 0.857 bits per heavy atom. The summed E-state index contributed by atoms with van der Waals surface area (Å²) >= 11 is 0. The summed E-state index contributed by atoms with van der Waals surface area (Å²) < 4.78 is 0. The zero-order valence-electron chi connectivity index (χ0n) is 12.4. The van der Waals surface area contributed by atoms with Gasteiger partial charge in [0.2, 0.25) is 0 Å². The molecular weight excluding hydrogens is 258 g/mol. The van der Waals surface area contributed by atoms with E-state index in [1.54, 1.807) is 6.07 Å². The van der Waals surface area contributed by atoms with Gasteiger partial charge in [0, 0.05) is 17.8 Å². The summed E-state index contributed by atoms with van der Waals surface area (Å²) in [5.41, 5.74) is 4.52. The van der Waals surface area contributed by atoms with Crippen LogP contribution in [0.3, 0.4) is 0 Å².